The van der Waals surface area contributed by atoms with Crippen LogP contribution in [0.3, 0.4) is 0 Å². The molecule has 0 aromatic carbocycles. The molecule has 0 bridgehead atoms. The van der Waals surface area contributed by atoms with E-state index in [1.165, 1.54) is 0 Å². The first-order chi connectivity index (χ1) is 6.54. The predicted octanol–water partition coefficient (Wildman–Crippen LogP) is 1.26. The topological polar surface area (TPSA) is 47.6 Å². The minimum absolute atomic E-state index is 0.171. The molecule has 14 heavy (non-hydrogen) atoms. The van der Waals surface area contributed by atoms with E-state index in [1.807, 2.05) is 13.8 Å². The van der Waals surface area contributed by atoms with Crippen LogP contribution in [0, 0.1) is 5.92 Å². The highest BCUT2D eigenvalue weighted by molar-refractivity contribution is 5.84. The molecule has 4 heteroatoms. The number of carbonyl (C=O) groups excluding carboxylic acids is 1. The molecule has 1 atom stereocenters. The Bertz CT molecular complexity index is 198. The third-order valence-electron chi connectivity index (χ3n) is 2.28. The molecular formula is C10H19NO3. The van der Waals surface area contributed by atoms with E-state index < -0.39 is 5.60 Å². The van der Waals surface area contributed by atoms with Crippen molar-refractivity contribution >= 4 is 5.91 Å². The molecule has 1 unspecified atom stereocenters. The number of ether oxygens (including phenoxy) is 1. The lowest BCUT2D eigenvalue weighted by Gasteiger charge is -2.21. The minimum Gasteiger partial charge on any atom is -0.365 e. The maximum Gasteiger partial charge on any atom is 0.275 e. The number of hydrogen-bond donors (Lipinski definition) is 1. The molecule has 0 aromatic rings. The van der Waals surface area contributed by atoms with Crippen molar-refractivity contribution in [1.29, 1.82) is 0 Å². The first-order valence-corrected chi connectivity index (χ1v) is 5.11. The van der Waals surface area contributed by atoms with Crippen molar-refractivity contribution in [1.82, 2.24) is 5.48 Å². The lowest BCUT2D eigenvalue weighted by molar-refractivity contribution is -0.153. The van der Waals surface area contributed by atoms with Crippen molar-refractivity contribution in [3.8, 4) is 0 Å². The summed E-state index contributed by atoms with van der Waals surface area (Å²) in [6, 6.07) is 0. The molecule has 1 saturated heterocycles. The predicted molar refractivity (Wildman–Crippen MR) is 52.5 cm³/mol. The van der Waals surface area contributed by atoms with Gasteiger partial charge >= 0.3 is 0 Å². The summed E-state index contributed by atoms with van der Waals surface area (Å²) in [5.74, 6) is 0.239. The van der Waals surface area contributed by atoms with E-state index in [0.717, 1.165) is 12.8 Å². The van der Waals surface area contributed by atoms with Crippen molar-refractivity contribution in [3.05, 3.63) is 0 Å². The van der Waals surface area contributed by atoms with Gasteiger partial charge in [0.05, 0.1) is 6.61 Å². The van der Waals surface area contributed by atoms with E-state index in [0.29, 0.717) is 19.1 Å². The fraction of sp³-hybridized carbons (Fsp3) is 0.900. The van der Waals surface area contributed by atoms with Crippen molar-refractivity contribution in [2.75, 3.05) is 13.2 Å². The van der Waals surface area contributed by atoms with Gasteiger partial charge in [-0.15, -0.1) is 0 Å². The Morgan fingerprint density at radius 3 is 2.86 bits per heavy atom. The van der Waals surface area contributed by atoms with Gasteiger partial charge in [0, 0.05) is 6.61 Å². The molecule has 82 valence electrons. The maximum atomic E-state index is 11.6. The molecule has 1 N–H and O–H groups in total. The van der Waals surface area contributed by atoms with Gasteiger partial charge < -0.3 is 4.74 Å². The van der Waals surface area contributed by atoms with Crippen LogP contribution < -0.4 is 5.48 Å². The van der Waals surface area contributed by atoms with Crippen LogP contribution in [-0.4, -0.2) is 24.7 Å². The van der Waals surface area contributed by atoms with E-state index in [-0.39, 0.29) is 5.91 Å². The van der Waals surface area contributed by atoms with Crippen molar-refractivity contribution in [2.45, 2.75) is 39.2 Å². The summed E-state index contributed by atoms with van der Waals surface area (Å²) in [6.45, 7) is 7.05. The monoisotopic (exact) mass is 201 g/mol. The van der Waals surface area contributed by atoms with E-state index in [2.05, 4.69) is 5.48 Å². The molecule has 1 rings (SSSR count). The first kappa shape index (κ1) is 11.5. The van der Waals surface area contributed by atoms with E-state index >= 15 is 0 Å². The van der Waals surface area contributed by atoms with Crippen LogP contribution in [0.25, 0.3) is 0 Å². The molecule has 0 saturated carbocycles. The van der Waals surface area contributed by atoms with Crippen LogP contribution >= 0.6 is 0 Å². The van der Waals surface area contributed by atoms with Crippen molar-refractivity contribution < 1.29 is 14.4 Å². The van der Waals surface area contributed by atoms with Crippen LogP contribution in [0.5, 0.6) is 0 Å². The van der Waals surface area contributed by atoms with Crippen LogP contribution in [0.1, 0.15) is 33.6 Å². The smallest absolute Gasteiger partial charge is 0.275 e. The summed E-state index contributed by atoms with van der Waals surface area (Å²) in [5, 5.41) is 0. The Labute approximate surface area is 84.9 Å². The summed E-state index contributed by atoms with van der Waals surface area (Å²) in [4.78, 5) is 16.6. The third-order valence-corrected chi connectivity index (χ3v) is 2.28. The summed E-state index contributed by atoms with van der Waals surface area (Å²) < 4.78 is 5.37. The third kappa shape index (κ3) is 2.96. The Morgan fingerprint density at radius 1 is 1.64 bits per heavy atom. The van der Waals surface area contributed by atoms with Gasteiger partial charge in [-0.2, -0.15) is 0 Å². The van der Waals surface area contributed by atoms with E-state index in [1.54, 1.807) is 6.92 Å². The molecule has 1 fully saturated rings. The molecule has 4 nitrogen and oxygen atoms in total. The molecule has 1 heterocycles. The van der Waals surface area contributed by atoms with Gasteiger partial charge in [-0.3, -0.25) is 9.63 Å². The average molecular weight is 201 g/mol. The van der Waals surface area contributed by atoms with Crippen LogP contribution in [0.15, 0.2) is 0 Å². The highest BCUT2D eigenvalue weighted by atomic mass is 16.7. The second kappa shape index (κ2) is 4.75. The lowest BCUT2D eigenvalue weighted by Crippen LogP contribution is -2.44. The number of amides is 1. The van der Waals surface area contributed by atoms with Gasteiger partial charge in [0.2, 0.25) is 0 Å². The number of nitrogens with one attached hydrogen (secondary N) is 1. The van der Waals surface area contributed by atoms with Gasteiger partial charge in [-0.25, -0.2) is 5.48 Å². The van der Waals surface area contributed by atoms with Crippen LogP contribution in [-0.2, 0) is 14.4 Å². The Hall–Kier alpha value is -0.610. The van der Waals surface area contributed by atoms with Gasteiger partial charge in [0.1, 0.15) is 5.60 Å². The zero-order valence-electron chi connectivity index (χ0n) is 9.13. The highest BCUT2D eigenvalue weighted by Crippen LogP contribution is 2.24. The number of rotatable bonds is 4. The molecule has 1 aliphatic rings. The molecule has 0 aliphatic carbocycles. The summed E-state index contributed by atoms with van der Waals surface area (Å²) >= 11 is 0. The molecule has 0 aromatic heterocycles. The van der Waals surface area contributed by atoms with E-state index in [4.69, 9.17) is 9.57 Å². The molecule has 0 spiro atoms. The van der Waals surface area contributed by atoms with Crippen LogP contribution in [0.4, 0.5) is 0 Å². The lowest BCUT2D eigenvalue weighted by atomic mass is 10.0. The van der Waals surface area contributed by atoms with Gasteiger partial charge in [-0.1, -0.05) is 13.8 Å². The largest absolute Gasteiger partial charge is 0.365 e. The summed E-state index contributed by atoms with van der Waals surface area (Å²) in [5.41, 5.74) is 1.75. The molecule has 1 aliphatic heterocycles. The minimum atomic E-state index is -0.684. The average Bonchev–Trinajstić information content (AvgIpc) is 2.52. The van der Waals surface area contributed by atoms with Gasteiger partial charge in [0.15, 0.2) is 0 Å². The fourth-order valence-corrected chi connectivity index (χ4v) is 1.34. The number of carbonyl (C=O) groups is 1. The molecule has 1 amide bonds. The zero-order valence-corrected chi connectivity index (χ0v) is 9.13. The standard InChI is InChI=1S/C10H19NO3/c1-8(2)7-14-11-9(12)10(3)5-4-6-13-10/h8H,4-7H2,1-3H3,(H,11,12). The Balaban J connectivity index is 2.27. The second-order valence-corrected chi connectivity index (χ2v) is 4.32. The Morgan fingerprint density at radius 2 is 2.36 bits per heavy atom. The first-order valence-electron chi connectivity index (χ1n) is 5.11. The zero-order chi connectivity index (χ0) is 10.6. The van der Waals surface area contributed by atoms with Gasteiger partial charge in [0.25, 0.3) is 5.91 Å². The molecular weight excluding hydrogens is 182 g/mol. The highest BCUT2D eigenvalue weighted by Gasteiger charge is 2.37. The van der Waals surface area contributed by atoms with Crippen molar-refractivity contribution in [3.63, 3.8) is 0 Å². The van der Waals surface area contributed by atoms with Gasteiger partial charge in [-0.05, 0) is 25.7 Å². The number of hydrogen-bond acceptors (Lipinski definition) is 3. The van der Waals surface area contributed by atoms with Crippen LogP contribution in [0.2, 0.25) is 0 Å². The normalized spacial score (nSPS) is 26.9. The molecule has 0 radical (unpaired) electrons. The second-order valence-electron chi connectivity index (χ2n) is 4.32. The SMILES string of the molecule is CC(C)CONC(=O)C1(C)CCCO1. The maximum absolute atomic E-state index is 11.6. The summed E-state index contributed by atoms with van der Waals surface area (Å²) in [6.07, 6.45) is 1.71. The van der Waals surface area contributed by atoms with E-state index in [9.17, 15) is 4.79 Å². The summed E-state index contributed by atoms with van der Waals surface area (Å²) in [7, 11) is 0. The fourth-order valence-electron chi connectivity index (χ4n) is 1.34. The number of hydroxylamine groups is 1. The quantitative estimate of drug-likeness (QED) is 0.696. The van der Waals surface area contributed by atoms with Crippen molar-refractivity contribution in [2.24, 2.45) is 5.92 Å². The Kier molecular flexibility index (Phi) is 3.89.